The summed E-state index contributed by atoms with van der Waals surface area (Å²) in [5.74, 6) is -0.118. The molecular weight excluding hydrogens is 763 g/mol. The Morgan fingerprint density at radius 3 is 1.80 bits per heavy atom. The highest BCUT2D eigenvalue weighted by atomic mass is 127. The minimum atomic E-state index is -0.508. The molecule has 1 unspecified atom stereocenters. The molecule has 1 aliphatic rings. The molecule has 0 aromatic rings. The SMILES string of the molecule is CC1(C)C(=O)OC(I)(I)C(I)(I)C1(C)I. The molecule has 0 amide bonds. The summed E-state index contributed by atoms with van der Waals surface area (Å²) in [5, 5.41) is 0. The molecule has 0 aromatic heterocycles. The smallest absolute Gasteiger partial charge is 0.314 e. The van der Waals surface area contributed by atoms with Crippen molar-refractivity contribution in [1.29, 1.82) is 0 Å². The molecule has 15 heavy (non-hydrogen) atoms. The average molecular weight is 772 g/mol. The second-order valence-electron chi connectivity index (χ2n) is 4.11. The van der Waals surface area contributed by atoms with Crippen molar-refractivity contribution >= 4 is 119 Å². The van der Waals surface area contributed by atoms with E-state index in [-0.39, 0.29) is 10.8 Å². The first-order valence-corrected chi connectivity index (χ1v) is 9.45. The zero-order chi connectivity index (χ0) is 12.3. The summed E-state index contributed by atoms with van der Waals surface area (Å²) >= 11 is 11.6. The van der Waals surface area contributed by atoms with E-state index in [1.807, 2.05) is 13.8 Å². The molecule has 1 fully saturated rings. The second-order valence-corrected chi connectivity index (χ2v) is 16.7. The van der Waals surface area contributed by atoms with Gasteiger partial charge in [0.1, 0.15) is 1.43 Å². The monoisotopic (exact) mass is 772 g/mol. The molecule has 2 nitrogen and oxygen atoms in total. The maximum Gasteiger partial charge on any atom is 0.314 e. The lowest BCUT2D eigenvalue weighted by molar-refractivity contribution is -0.163. The fraction of sp³-hybridized carbons (Fsp3) is 0.875. The highest BCUT2D eigenvalue weighted by molar-refractivity contribution is 14.2. The number of hydrogen-bond acceptors (Lipinski definition) is 2. The minimum Gasteiger partial charge on any atom is -0.436 e. The van der Waals surface area contributed by atoms with E-state index in [2.05, 4.69) is 120 Å². The van der Waals surface area contributed by atoms with Gasteiger partial charge in [-0.3, -0.25) is 4.79 Å². The number of cyclic esters (lactones) is 1. The van der Waals surface area contributed by atoms with Crippen molar-refractivity contribution in [2.24, 2.45) is 5.41 Å². The average Bonchev–Trinajstić information content (AvgIpc) is 2.00. The van der Waals surface area contributed by atoms with Crippen LogP contribution in [0, 0.1) is 5.41 Å². The topological polar surface area (TPSA) is 26.3 Å². The van der Waals surface area contributed by atoms with Gasteiger partial charge in [-0.15, -0.1) is 0 Å². The van der Waals surface area contributed by atoms with E-state index in [0.29, 0.717) is 0 Å². The molecule has 88 valence electrons. The van der Waals surface area contributed by atoms with Crippen LogP contribution in [-0.2, 0) is 9.53 Å². The van der Waals surface area contributed by atoms with Gasteiger partial charge in [0, 0.05) is 0 Å². The summed E-state index contributed by atoms with van der Waals surface area (Å²) in [5.41, 5.74) is -0.476. The number of carbonyl (C=O) groups excluding carboxylic acids is 1. The van der Waals surface area contributed by atoms with Gasteiger partial charge in [0.2, 0.25) is 1.61 Å². The van der Waals surface area contributed by atoms with Crippen molar-refractivity contribution in [2.45, 2.75) is 27.2 Å². The summed E-state index contributed by atoms with van der Waals surface area (Å²) in [4.78, 5) is 12.0. The van der Waals surface area contributed by atoms with Crippen molar-refractivity contribution in [3.8, 4) is 0 Å². The third kappa shape index (κ3) is 2.31. The first kappa shape index (κ1) is 16.2. The highest BCUT2D eigenvalue weighted by Gasteiger charge is 2.70. The summed E-state index contributed by atoms with van der Waals surface area (Å²) in [6.07, 6.45) is 0. The third-order valence-corrected chi connectivity index (χ3v) is 16.9. The maximum atomic E-state index is 12.0. The van der Waals surface area contributed by atoms with Crippen LogP contribution in [0.1, 0.15) is 20.8 Å². The van der Waals surface area contributed by atoms with Crippen LogP contribution >= 0.6 is 113 Å². The van der Waals surface area contributed by atoms with Crippen molar-refractivity contribution in [3.05, 3.63) is 0 Å². The van der Waals surface area contributed by atoms with Crippen LogP contribution in [-0.4, -0.2) is 12.4 Å². The Hall–Kier alpha value is 3.12. The van der Waals surface area contributed by atoms with Gasteiger partial charge in [-0.2, -0.15) is 0 Å². The Morgan fingerprint density at radius 1 is 1.00 bits per heavy atom. The van der Waals surface area contributed by atoms with E-state index in [0.717, 1.165) is 0 Å². The molecule has 0 N–H and O–H groups in total. The molecule has 1 aliphatic heterocycles. The van der Waals surface area contributed by atoms with Gasteiger partial charge in [-0.25, -0.2) is 0 Å². The van der Waals surface area contributed by atoms with Gasteiger partial charge in [0.25, 0.3) is 0 Å². The molecule has 0 aromatic carbocycles. The van der Waals surface area contributed by atoms with Gasteiger partial charge in [-0.05, 0) is 66.0 Å². The van der Waals surface area contributed by atoms with Crippen LogP contribution in [0.2, 0.25) is 0 Å². The van der Waals surface area contributed by atoms with Crippen molar-refractivity contribution in [2.75, 3.05) is 0 Å². The molecule has 0 aliphatic carbocycles. The molecule has 1 saturated heterocycles. The van der Waals surface area contributed by atoms with Crippen LogP contribution in [0.3, 0.4) is 0 Å². The predicted molar refractivity (Wildman–Crippen MR) is 104 cm³/mol. The Morgan fingerprint density at radius 2 is 1.40 bits per heavy atom. The van der Waals surface area contributed by atoms with E-state index >= 15 is 0 Å². The van der Waals surface area contributed by atoms with E-state index in [4.69, 9.17) is 4.74 Å². The number of alkyl halides is 5. The summed E-state index contributed by atoms with van der Waals surface area (Å²) in [7, 11) is 0. The van der Waals surface area contributed by atoms with Gasteiger partial charge in [0.15, 0.2) is 0 Å². The standard InChI is InChI=1S/C8H9I5O2/c1-5(2)4(14)15-8(12,13)7(10,11)6(5,3)9/h1-3H3. The van der Waals surface area contributed by atoms with Crippen LogP contribution < -0.4 is 0 Å². The van der Waals surface area contributed by atoms with Crippen LogP contribution in [0.25, 0.3) is 0 Å². The lowest BCUT2D eigenvalue weighted by atomic mass is 9.76. The first-order chi connectivity index (χ1) is 6.38. The zero-order valence-electron chi connectivity index (χ0n) is 8.21. The fourth-order valence-electron chi connectivity index (χ4n) is 1.17. The molecule has 1 rings (SSSR count). The number of rotatable bonds is 0. The predicted octanol–water partition coefficient (Wildman–Crippen LogP) is 4.85. The normalized spacial score (nSPS) is 37.2. The number of esters is 1. The van der Waals surface area contributed by atoms with Crippen molar-refractivity contribution < 1.29 is 9.53 Å². The lowest BCUT2D eigenvalue weighted by Crippen LogP contribution is -2.65. The number of halogens is 5. The van der Waals surface area contributed by atoms with E-state index in [1.165, 1.54) is 0 Å². The number of ether oxygens (including phenoxy) is 1. The molecule has 0 saturated carbocycles. The van der Waals surface area contributed by atoms with Crippen molar-refractivity contribution in [1.82, 2.24) is 0 Å². The lowest BCUT2D eigenvalue weighted by Gasteiger charge is -2.55. The van der Waals surface area contributed by atoms with Gasteiger partial charge in [-0.1, -0.05) is 67.8 Å². The van der Waals surface area contributed by atoms with Crippen LogP contribution in [0.15, 0.2) is 0 Å². The van der Waals surface area contributed by atoms with Gasteiger partial charge in [0.05, 0.1) is 8.84 Å². The maximum absolute atomic E-state index is 12.0. The summed E-state index contributed by atoms with van der Waals surface area (Å²) < 4.78 is 4.72. The molecule has 0 spiro atoms. The van der Waals surface area contributed by atoms with E-state index < -0.39 is 7.03 Å². The quantitative estimate of drug-likeness (QED) is 0.200. The fourth-order valence-corrected chi connectivity index (χ4v) is 5.84. The number of hydrogen-bond donors (Lipinski definition) is 0. The van der Waals surface area contributed by atoms with E-state index in [9.17, 15) is 4.79 Å². The Bertz CT molecular complexity index is 308. The largest absolute Gasteiger partial charge is 0.436 e. The van der Waals surface area contributed by atoms with E-state index in [1.54, 1.807) is 0 Å². The Kier molecular flexibility index (Phi) is 4.95. The zero-order valence-corrected chi connectivity index (χ0v) is 19.0. The summed E-state index contributed by atoms with van der Waals surface area (Å²) in [6, 6.07) is 0. The molecular formula is C8H9I5O2. The molecule has 1 atom stereocenters. The second kappa shape index (κ2) is 4.59. The minimum absolute atomic E-state index is 0.118. The number of carbonyl (C=O) groups is 1. The highest BCUT2D eigenvalue weighted by Crippen LogP contribution is 2.67. The molecule has 0 radical (unpaired) electrons. The van der Waals surface area contributed by atoms with Gasteiger partial charge >= 0.3 is 5.97 Å². The van der Waals surface area contributed by atoms with Crippen LogP contribution in [0.4, 0.5) is 0 Å². The van der Waals surface area contributed by atoms with Crippen molar-refractivity contribution in [3.63, 3.8) is 0 Å². The third-order valence-electron chi connectivity index (χ3n) is 2.86. The Balaban J connectivity index is 3.36. The Labute approximate surface area is 158 Å². The summed E-state index contributed by atoms with van der Waals surface area (Å²) in [6.45, 7) is 6.03. The first-order valence-electron chi connectivity index (χ1n) is 4.06. The van der Waals surface area contributed by atoms with Crippen LogP contribution in [0.5, 0.6) is 0 Å². The molecule has 0 bridgehead atoms. The molecule has 1 heterocycles. The van der Waals surface area contributed by atoms with Gasteiger partial charge < -0.3 is 4.74 Å². The molecule has 7 heteroatoms.